The van der Waals surface area contributed by atoms with Crippen molar-refractivity contribution in [3.05, 3.63) is 24.0 Å². The minimum Gasteiger partial charge on any atom is -0.530 e. The molecule has 1 aromatic heterocycles. The summed E-state index contributed by atoms with van der Waals surface area (Å²) in [6.45, 7) is 5.19. The maximum atomic E-state index is 13.0. The van der Waals surface area contributed by atoms with Crippen LogP contribution in [0.4, 0.5) is 4.79 Å². The van der Waals surface area contributed by atoms with Crippen LogP contribution in [0.1, 0.15) is 58.6 Å². The molecule has 144 valence electrons. The molecule has 0 bridgehead atoms. The quantitative estimate of drug-likeness (QED) is 0.827. The molecule has 1 saturated carbocycles. The minimum atomic E-state index is -1.39. The van der Waals surface area contributed by atoms with E-state index in [1.165, 1.54) is 18.7 Å². The van der Waals surface area contributed by atoms with E-state index in [2.05, 4.69) is 10.3 Å². The lowest BCUT2D eigenvalue weighted by atomic mass is 9.94. The fourth-order valence-electron chi connectivity index (χ4n) is 3.45. The van der Waals surface area contributed by atoms with E-state index in [1.807, 2.05) is 0 Å². The fourth-order valence-corrected chi connectivity index (χ4v) is 3.45. The first-order valence-electron chi connectivity index (χ1n) is 9.13. The van der Waals surface area contributed by atoms with Crippen LogP contribution in [0.15, 0.2) is 18.3 Å². The van der Waals surface area contributed by atoms with Gasteiger partial charge in [-0.3, -0.25) is 9.78 Å². The van der Waals surface area contributed by atoms with Crippen LogP contribution >= 0.6 is 0 Å². The van der Waals surface area contributed by atoms with Gasteiger partial charge < -0.3 is 25.2 Å². The molecule has 0 radical (unpaired) electrons. The lowest BCUT2D eigenvalue weighted by molar-refractivity contribution is -0.273. The standard InChI is InChI=1S/C19H29N3O4/c1-19(2,3)22(18(25)26)16(11-14-9-10-15(23)12-20-14)17(24)21-13-7-5-4-6-8-13/h9-10,12-13,16,23H,4-8,11H2,1-3H3,(H,21,24)(H,25,26)/p-1. The number of aromatic nitrogens is 1. The molecule has 1 atom stereocenters. The number of hydrogen-bond acceptors (Lipinski definition) is 5. The second-order valence-electron chi connectivity index (χ2n) is 7.88. The van der Waals surface area contributed by atoms with Gasteiger partial charge in [0.25, 0.3) is 0 Å². The van der Waals surface area contributed by atoms with E-state index >= 15 is 0 Å². The minimum absolute atomic E-state index is 0.0181. The zero-order valence-corrected chi connectivity index (χ0v) is 15.7. The smallest absolute Gasteiger partial charge is 0.243 e. The molecule has 2 N–H and O–H groups in total. The number of carboxylic acid groups (broad SMARTS) is 1. The fraction of sp³-hybridized carbons (Fsp3) is 0.632. The van der Waals surface area contributed by atoms with Crippen molar-refractivity contribution in [1.82, 2.24) is 15.2 Å². The third-order valence-corrected chi connectivity index (χ3v) is 4.70. The molecule has 2 amide bonds. The van der Waals surface area contributed by atoms with Crippen molar-refractivity contribution in [3.63, 3.8) is 0 Å². The second kappa shape index (κ2) is 8.38. The first-order chi connectivity index (χ1) is 12.2. The second-order valence-corrected chi connectivity index (χ2v) is 7.88. The summed E-state index contributed by atoms with van der Waals surface area (Å²) in [7, 11) is 0. The molecule has 26 heavy (non-hydrogen) atoms. The van der Waals surface area contributed by atoms with E-state index in [1.54, 1.807) is 26.8 Å². The van der Waals surface area contributed by atoms with Crippen LogP contribution in [0.25, 0.3) is 0 Å². The average molecular weight is 362 g/mol. The van der Waals surface area contributed by atoms with E-state index in [0.29, 0.717) is 5.69 Å². The molecule has 1 aromatic rings. The van der Waals surface area contributed by atoms with Gasteiger partial charge in [0.05, 0.1) is 6.20 Å². The number of aromatic hydroxyl groups is 1. The summed E-state index contributed by atoms with van der Waals surface area (Å²) in [4.78, 5) is 29.9. The molecular weight excluding hydrogens is 334 g/mol. The molecule has 1 unspecified atom stereocenters. The highest BCUT2D eigenvalue weighted by molar-refractivity contribution is 5.85. The number of nitrogens with zero attached hydrogens (tertiary/aromatic N) is 2. The summed E-state index contributed by atoms with van der Waals surface area (Å²) in [6.07, 6.45) is 5.14. The van der Waals surface area contributed by atoms with E-state index in [0.717, 1.165) is 30.6 Å². The highest BCUT2D eigenvalue weighted by Crippen LogP contribution is 2.22. The molecule has 1 aliphatic carbocycles. The Balaban J connectivity index is 2.25. The largest absolute Gasteiger partial charge is 0.530 e. The Hall–Kier alpha value is -2.31. The predicted octanol–water partition coefficient (Wildman–Crippen LogP) is 1.59. The topological polar surface area (TPSA) is 106 Å². The molecule has 0 saturated heterocycles. The molecule has 0 aromatic carbocycles. The van der Waals surface area contributed by atoms with Crippen molar-refractivity contribution in [2.75, 3.05) is 0 Å². The van der Waals surface area contributed by atoms with E-state index < -0.39 is 17.7 Å². The van der Waals surface area contributed by atoms with Crippen molar-refractivity contribution in [1.29, 1.82) is 0 Å². The van der Waals surface area contributed by atoms with Crippen LogP contribution in [-0.2, 0) is 11.2 Å². The summed E-state index contributed by atoms with van der Waals surface area (Å²) in [5.74, 6) is -0.310. The van der Waals surface area contributed by atoms with Crippen molar-refractivity contribution in [2.24, 2.45) is 0 Å². The van der Waals surface area contributed by atoms with Crippen LogP contribution < -0.4 is 10.4 Å². The van der Waals surface area contributed by atoms with E-state index in [9.17, 15) is 19.8 Å². The molecule has 7 nitrogen and oxygen atoms in total. The molecule has 1 heterocycles. The molecule has 0 aliphatic heterocycles. The van der Waals surface area contributed by atoms with Gasteiger partial charge in [0.2, 0.25) is 5.91 Å². The van der Waals surface area contributed by atoms with Gasteiger partial charge in [0.15, 0.2) is 0 Å². The first kappa shape index (κ1) is 20.0. The Morgan fingerprint density at radius 1 is 1.31 bits per heavy atom. The highest BCUT2D eigenvalue weighted by atomic mass is 16.4. The normalized spacial score (nSPS) is 16.7. The summed E-state index contributed by atoms with van der Waals surface area (Å²) >= 11 is 0. The number of carbonyl (C=O) groups excluding carboxylic acids is 2. The Labute approximate surface area is 154 Å². The van der Waals surface area contributed by atoms with Gasteiger partial charge in [-0.1, -0.05) is 19.3 Å². The Kier molecular flexibility index (Phi) is 6.45. The van der Waals surface area contributed by atoms with Gasteiger partial charge in [-0.15, -0.1) is 0 Å². The van der Waals surface area contributed by atoms with Crippen LogP contribution in [0.2, 0.25) is 0 Å². The molecule has 7 heteroatoms. The highest BCUT2D eigenvalue weighted by Gasteiger charge is 2.35. The van der Waals surface area contributed by atoms with Crippen LogP contribution in [0, 0.1) is 0 Å². The van der Waals surface area contributed by atoms with Crippen LogP contribution in [0.3, 0.4) is 0 Å². The lowest BCUT2D eigenvalue weighted by Crippen LogP contribution is -2.62. The van der Waals surface area contributed by atoms with Gasteiger partial charge in [-0.25, -0.2) is 0 Å². The van der Waals surface area contributed by atoms with E-state index in [-0.39, 0.29) is 24.1 Å². The van der Waals surface area contributed by atoms with Crippen molar-refractivity contribution in [3.8, 4) is 5.75 Å². The van der Waals surface area contributed by atoms with Gasteiger partial charge >= 0.3 is 0 Å². The maximum Gasteiger partial charge on any atom is 0.243 e. The SMILES string of the molecule is CC(C)(C)N(C(=O)[O-])C(Cc1ccc(O)cn1)C(=O)NC1CCCCC1. The molecular formula is C19H28N3O4-. The number of carbonyl (C=O) groups is 2. The Morgan fingerprint density at radius 2 is 1.96 bits per heavy atom. The molecule has 2 rings (SSSR count). The summed E-state index contributed by atoms with van der Waals surface area (Å²) in [5, 5.41) is 24.2. The zero-order valence-electron chi connectivity index (χ0n) is 15.7. The van der Waals surface area contributed by atoms with Gasteiger partial charge in [0, 0.05) is 23.7 Å². The summed E-state index contributed by atoms with van der Waals surface area (Å²) in [6, 6.07) is 2.19. The lowest BCUT2D eigenvalue weighted by Gasteiger charge is -2.43. The van der Waals surface area contributed by atoms with Gasteiger partial charge in [0.1, 0.15) is 17.9 Å². The third kappa shape index (κ3) is 5.34. The van der Waals surface area contributed by atoms with Crippen molar-refractivity contribution >= 4 is 12.0 Å². The average Bonchev–Trinajstić information content (AvgIpc) is 2.55. The van der Waals surface area contributed by atoms with E-state index in [4.69, 9.17) is 0 Å². The van der Waals surface area contributed by atoms with Crippen molar-refractivity contribution in [2.45, 2.75) is 76.9 Å². The number of rotatable bonds is 5. The van der Waals surface area contributed by atoms with Gasteiger partial charge in [-0.2, -0.15) is 0 Å². The molecule has 0 spiro atoms. The number of nitrogens with one attached hydrogen (secondary N) is 1. The molecule has 1 fully saturated rings. The third-order valence-electron chi connectivity index (χ3n) is 4.70. The monoisotopic (exact) mass is 362 g/mol. The molecule has 1 aliphatic rings. The van der Waals surface area contributed by atoms with Crippen LogP contribution in [0.5, 0.6) is 5.75 Å². The van der Waals surface area contributed by atoms with Crippen molar-refractivity contribution < 1.29 is 19.8 Å². The number of amides is 2. The zero-order chi connectivity index (χ0) is 19.3. The number of hydrogen-bond donors (Lipinski definition) is 2. The maximum absolute atomic E-state index is 13.0. The Bertz CT molecular complexity index is 619. The summed E-state index contributed by atoms with van der Waals surface area (Å²) in [5.41, 5.74) is -0.272. The van der Waals surface area contributed by atoms with Gasteiger partial charge in [-0.05, 0) is 45.7 Å². The first-order valence-corrected chi connectivity index (χ1v) is 9.13. The van der Waals surface area contributed by atoms with Crippen LogP contribution in [-0.4, -0.2) is 44.6 Å². The Morgan fingerprint density at radius 3 is 2.46 bits per heavy atom. The predicted molar refractivity (Wildman–Crippen MR) is 95.4 cm³/mol. The summed E-state index contributed by atoms with van der Waals surface area (Å²) < 4.78 is 0. The number of pyridine rings is 1.